The molecule has 0 unspecified atom stereocenters. The highest BCUT2D eigenvalue weighted by Crippen LogP contribution is 2.19. The van der Waals surface area contributed by atoms with E-state index in [9.17, 15) is 0 Å². The fourth-order valence-electron chi connectivity index (χ4n) is 1.78. The summed E-state index contributed by atoms with van der Waals surface area (Å²) in [6, 6.07) is 0. The quantitative estimate of drug-likeness (QED) is 0.779. The van der Waals surface area contributed by atoms with Crippen molar-refractivity contribution in [2.45, 2.75) is 13.5 Å². The standard InChI is InChI=1S/C12H19N5OS/c1-4-19-6-5-13-11-9-7-14-17(2)12(9)16-10(15-11)8-18-3/h7H,4-6,8H2,1-3H3,(H,13,15,16). The van der Waals surface area contributed by atoms with Crippen molar-refractivity contribution in [3.8, 4) is 0 Å². The Morgan fingerprint density at radius 2 is 2.26 bits per heavy atom. The van der Waals surface area contributed by atoms with Crippen LogP contribution < -0.4 is 5.32 Å². The van der Waals surface area contributed by atoms with Crippen molar-refractivity contribution in [3.05, 3.63) is 12.0 Å². The van der Waals surface area contributed by atoms with Crippen molar-refractivity contribution in [2.75, 3.05) is 30.5 Å². The topological polar surface area (TPSA) is 64.9 Å². The molecule has 2 aromatic rings. The largest absolute Gasteiger partial charge is 0.377 e. The highest BCUT2D eigenvalue weighted by atomic mass is 32.2. The average Bonchev–Trinajstić information content (AvgIpc) is 2.77. The molecule has 7 heteroatoms. The summed E-state index contributed by atoms with van der Waals surface area (Å²) in [7, 11) is 3.52. The van der Waals surface area contributed by atoms with E-state index in [0.717, 1.165) is 34.9 Å². The predicted octanol–water partition coefficient (Wildman–Crippen LogP) is 1.67. The van der Waals surface area contributed by atoms with E-state index in [2.05, 4.69) is 27.3 Å². The zero-order valence-corrected chi connectivity index (χ0v) is 12.3. The van der Waals surface area contributed by atoms with Crippen molar-refractivity contribution >= 4 is 28.6 Å². The van der Waals surface area contributed by atoms with Crippen LogP contribution in [-0.4, -0.2) is 44.9 Å². The van der Waals surface area contributed by atoms with Gasteiger partial charge in [0, 0.05) is 26.5 Å². The Labute approximate surface area is 117 Å². The second-order valence-electron chi connectivity index (χ2n) is 4.05. The highest BCUT2D eigenvalue weighted by Gasteiger charge is 2.10. The molecule has 0 atom stereocenters. The third-order valence-corrected chi connectivity index (χ3v) is 3.56. The van der Waals surface area contributed by atoms with Crippen LogP contribution in [-0.2, 0) is 18.4 Å². The van der Waals surface area contributed by atoms with E-state index in [1.165, 1.54) is 0 Å². The SMILES string of the molecule is CCSCCNc1nc(COC)nc2c1cnn2C. The zero-order chi connectivity index (χ0) is 13.7. The second-order valence-corrected chi connectivity index (χ2v) is 5.44. The van der Waals surface area contributed by atoms with Crippen molar-refractivity contribution in [1.29, 1.82) is 0 Å². The summed E-state index contributed by atoms with van der Waals surface area (Å²) >= 11 is 1.90. The minimum atomic E-state index is 0.402. The smallest absolute Gasteiger partial charge is 0.163 e. The van der Waals surface area contributed by atoms with Crippen LogP contribution in [0.25, 0.3) is 11.0 Å². The molecule has 0 radical (unpaired) electrons. The number of methoxy groups -OCH3 is 1. The molecule has 0 aliphatic carbocycles. The van der Waals surface area contributed by atoms with Gasteiger partial charge in [-0.25, -0.2) is 9.97 Å². The molecule has 0 bridgehead atoms. The molecule has 1 N–H and O–H groups in total. The summed E-state index contributed by atoms with van der Waals surface area (Å²) in [5.41, 5.74) is 0.827. The van der Waals surface area contributed by atoms with Gasteiger partial charge in [-0.05, 0) is 5.75 Å². The van der Waals surface area contributed by atoms with Crippen LogP contribution in [0.1, 0.15) is 12.7 Å². The third-order valence-electron chi connectivity index (χ3n) is 2.65. The lowest BCUT2D eigenvalue weighted by Crippen LogP contribution is -2.09. The van der Waals surface area contributed by atoms with Crippen LogP contribution in [0.4, 0.5) is 5.82 Å². The second kappa shape index (κ2) is 6.72. The molecule has 0 saturated heterocycles. The van der Waals surface area contributed by atoms with Gasteiger partial charge in [0.25, 0.3) is 0 Å². The first kappa shape index (κ1) is 14.1. The van der Waals surface area contributed by atoms with E-state index in [4.69, 9.17) is 4.74 Å². The molecule has 2 aromatic heterocycles. The van der Waals surface area contributed by atoms with E-state index in [0.29, 0.717) is 12.4 Å². The van der Waals surface area contributed by atoms with Gasteiger partial charge in [0.1, 0.15) is 12.4 Å². The molecule has 0 saturated carbocycles. The maximum Gasteiger partial charge on any atom is 0.163 e. The molecule has 0 aromatic carbocycles. The minimum absolute atomic E-state index is 0.402. The lowest BCUT2D eigenvalue weighted by Gasteiger charge is -2.08. The Bertz CT molecular complexity index is 542. The summed E-state index contributed by atoms with van der Waals surface area (Å²) < 4.78 is 6.86. The summed E-state index contributed by atoms with van der Waals surface area (Å²) in [6.45, 7) is 3.44. The Hall–Kier alpha value is -1.34. The minimum Gasteiger partial charge on any atom is -0.377 e. The van der Waals surface area contributed by atoms with Crippen LogP contribution >= 0.6 is 11.8 Å². The average molecular weight is 281 g/mol. The zero-order valence-electron chi connectivity index (χ0n) is 11.5. The number of rotatable bonds is 7. The van der Waals surface area contributed by atoms with Gasteiger partial charge in [-0.1, -0.05) is 6.92 Å². The summed E-state index contributed by atoms with van der Waals surface area (Å²) in [6.07, 6.45) is 1.79. The molecule has 2 rings (SSSR count). The van der Waals surface area contributed by atoms with Crippen LogP contribution in [0.5, 0.6) is 0 Å². The van der Waals surface area contributed by atoms with Crippen LogP contribution in [0.15, 0.2) is 6.20 Å². The van der Waals surface area contributed by atoms with Crippen LogP contribution in [0.2, 0.25) is 0 Å². The molecule has 0 amide bonds. The summed E-state index contributed by atoms with van der Waals surface area (Å²) in [4.78, 5) is 8.94. The predicted molar refractivity (Wildman–Crippen MR) is 78.5 cm³/mol. The first-order valence-corrected chi connectivity index (χ1v) is 7.41. The molecule has 6 nitrogen and oxygen atoms in total. The molecule has 19 heavy (non-hydrogen) atoms. The van der Waals surface area contributed by atoms with Gasteiger partial charge < -0.3 is 10.1 Å². The van der Waals surface area contributed by atoms with Gasteiger partial charge >= 0.3 is 0 Å². The number of nitrogens with zero attached hydrogens (tertiary/aromatic N) is 4. The Morgan fingerprint density at radius 1 is 1.42 bits per heavy atom. The number of aryl methyl sites for hydroxylation is 1. The number of fused-ring (bicyclic) bond motifs is 1. The Kier molecular flexibility index (Phi) is 4.98. The normalized spacial score (nSPS) is 11.1. The molecular formula is C12H19N5OS. The maximum absolute atomic E-state index is 5.10. The van der Waals surface area contributed by atoms with Crippen LogP contribution in [0, 0.1) is 0 Å². The molecular weight excluding hydrogens is 262 g/mol. The van der Waals surface area contributed by atoms with Crippen molar-refractivity contribution in [2.24, 2.45) is 7.05 Å². The Balaban J connectivity index is 2.23. The van der Waals surface area contributed by atoms with E-state index in [1.807, 2.05) is 18.8 Å². The molecule has 0 aliphatic heterocycles. The van der Waals surface area contributed by atoms with E-state index in [1.54, 1.807) is 18.0 Å². The maximum atomic E-state index is 5.10. The highest BCUT2D eigenvalue weighted by molar-refractivity contribution is 7.99. The fourth-order valence-corrected chi connectivity index (χ4v) is 2.32. The lowest BCUT2D eigenvalue weighted by molar-refractivity contribution is 0.178. The van der Waals surface area contributed by atoms with Gasteiger partial charge in [-0.15, -0.1) is 0 Å². The number of nitrogens with one attached hydrogen (secondary N) is 1. The first-order chi connectivity index (χ1) is 9.26. The number of anilines is 1. The van der Waals surface area contributed by atoms with Gasteiger partial charge in [0.15, 0.2) is 11.5 Å². The third kappa shape index (κ3) is 3.36. The fraction of sp³-hybridized carbons (Fsp3) is 0.583. The summed E-state index contributed by atoms with van der Waals surface area (Å²) in [5.74, 6) is 3.69. The van der Waals surface area contributed by atoms with Gasteiger partial charge in [0.2, 0.25) is 0 Å². The summed E-state index contributed by atoms with van der Waals surface area (Å²) in [5, 5.41) is 8.53. The van der Waals surface area contributed by atoms with Crippen molar-refractivity contribution < 1.29 is 4.74 Å². The number of thioether (sulfide) groups is 1. The van der Waals surface area contributed by atoms with E-state index >= 15 is 0 Å². The monoisotopic (exact) mass is 281 g/mol. The lowest BCUT2D eigenvalue weighted by atomic mass is 10.3. The number of aromatic nitrogens is 4. The van der Waals surface area contributed by atoms with Gasteiger partial charge in [0.05, 0.1) is 11.6 Å². The Morgan fingerprint density at radius 3 is 3.00 bits per heavy atom. The molecule has 104 valence electrons. The number of hydrogen-bond acceptors (Lipinski definition) is 6. The van der Waals surface area contributed by atoms with Crippen molar-refractivity contribution in [1.82, 2.24) is 19.7 Å². The van der Waals surface area contributed by atoms with E-state index < -0.39 is 0 Å². The van der Waals surface area contributed by atoms with Gasteiger partial charge in [-0.3, -0.25) is 4.68 Å². The van der Waals surface area contributed by atoms with Crippen molar-refractivity contribution in [3.63, 3.8) is 0 Å². The van der Waals surface area contributed by atoms with Gasteiger partial charge in [-0.2, -0.15) is 16.9 Å². The van der Waals surface area contributed by atoms with Crippen LogP contribution in [0.3, 0.4) is 0 Å². The first-order valence-electron chi connectivity index (χ1n) is 6.25. The molecule has 2 heterocycles. The molecule has 0 aliphatic rings. The van der Waals surface area contributed by atoms with E-state index in [-0.39, 0.29) is 0 Å². The number of hydrogen-bond donors (Lipinski definition) is 1. The molecule has 0 spiro atoms. The number of ether oxygens (including phenoxy) is 1. The molecule has 0 fully saturated rings.